The Labute approximate surface area is 131 Å². The Bertz CT molecular complexity index is 663. The maximum atomic E-state index is 10.7. The Morgan fingerprint density at radius 3 is 2.86 bits per heavy atom. The van der Waals surface area contributed by atoms with Gasteiger partial charge in [0.2, 0.25) is 0 Å². The van der Waals surface area contributed by atoms with Gasteiger partial charge in [-0.15, -0.1) is 11.3 Å². The summed E-state index contributed by atoms with van der Waals surface area (Å²) in [5.41, 5.74) is 2.41. The van der Waals surface area contributed by atoms with Gasteiger partial charge in [0.1, 0.15) is 0 Å². The van der Waals surface area contributed by atoms with Gasteiger partial charge in [0.05, 0.1) is 9.95 Å². The summed E-state index contributed by atoms with van der Waals surface area (Å²) in [4.78, 5) is 13.1. The number of fused-ring (bicyclic) bond motifs is 1. The van der Waals surface area contributed by atoms with Crippen molar-refractivity contribution in [2.45, 2.75) is 32.4 Å². The number of nitro benzene ring substituents is 1. The molecule has 1 aromatic carbocycles. The molecule has 0 fully saturated rings. The van der Waals surface area contributed by atoms with Gasteiger partial charge < -0.3 is 5.32 Å². The molecule has 0 radical (unpaired) electrons. The first-order valence-electron chi connectivity index (χ1n) is 6.87. The molecule has 1 aromatic heterocycles. The first-order chi connectivity index (χ1) is 10.1. The number of nitrogens with one attached hydrogen (secondary N) is 1. The Balaban J connectivity index is 1.58. The fraction of sp³-hybridized carbons (Fsp3) is 0.333. The van der Waals surface area contributed by atoms with Crippen molar-refractivity contribution in [1.29, 1.82) is 0 Å². The number of hydrogen-bond donors (Lipinski definition) is 1. The van der Waals surface area contributed by atoms with Crippen LogP contribution in [0.5, 0.6) is 0 Å². The van der Waals surface area contributed by atoms with Crippen LogP contribution in [0.25, 0.3) is 0 Å². The molecule has 1 aliphatic rings. The third kappa shape index (κ3) is 3.26. The number of halogens is 1. The molecule has 1 N–H and O–H groups in total. The molecular weight excluding hydrogens is 308 g/mol. The lowest BCUT2D eigenvalue weighted by molar-refractivity contribution is -0.384. The Kier molecular flexibility index (Phi) is 4.24. The Morgan fingerprint density at radius 2 is 2.14 bits per heavy atom. The monoisotopic (exact) mass is 322 g/mol. The highest BCUT2D eigenvalue weighted by Crippen LogP contribution is 2.30. The second-order valence-electron chi connectivity index (χ2n) is 5.15. The molecule has 4 nitrogen and oxygen atoms in total. The van der Waals surface area contributed by atoms with Crippen molar-refractivity contribution >= 4 is 28.6 Å². The molecule has 0 unspecified atom stereocenters. The normalized spacial score (nSPS) is 13.4. The van der Waals surface area contributed by atoms with E-state index in [9.17, 15) is 10.1 Å². The first-order valence-corrected chi connectivity index (χ1v) is 8.07. The molecule has 0 saturated carbocycles. The highest BCUT2D eigenvalue weighted by atomic mass is 35.5. The summed E-state index contributed by atoms with van der Waals surface area (Å²) in [6.45, 7) is 1.42. The van der Waals surface area contributed by atoms with Gasteiger partial charge in [-0.3, -0.25) is 10.1 Å². The third-order valence-corrected chi connectivity index (χ3v) is 5.25. The van der Waals surface area contributed by atoms with Gasteiger partial charge >= 0.3 is 0 Å². The van der Waals surface area contributed by atoms with Crippen LogP contribution in [-0.2, 0) is 25.9 Å². The molecule has 0 spiro atoms. The van der Waals surface area contributed by atoms with Gasteiger partial charge in [0.15, 0.2) is 0 Å². The topological polar surface area (TPSA) is 55.2 Å². The summed E-state index contributed by atoms with van der Waals surface area (Å²) in [5, 5.41) is 14.5. The van der Waals surface area contributed by atoms with Gasteiger partial charge in [-0.2, -0.15) is 0 Å². The smallest absolute Gasteiger partial charge is 0.270 e. The van der Waals surface area contributed by atoms with Crippen LogP contribution in [0.2, 0.25) is 5.02 Å². The molecular formula is C15H15ClN2O2S. The van der Waals surface area contributed by atoms with E-state index in [4.69, 9.17) is 11.6 Å². The van der Waals surface area contributed by atoms with E-state index in [1.807, 2.05) is 11.3 Å². The molecule has 1 aliphatic carbocycles. The third-order valence-electron chi connectivity index (χ3n) is 3.66. The van der Waals surface area contributed by atoms with E-state index in [0.29, 0.717) is 11.6 Å². The van der Waals surface area contributed by atoms with Gasteiger partial charge in [-0.1, -0.05) is 11.6 Å². The quantitative estimate of drug-likeness (QED) is 0.666. The summed E-state index contributed by atoms with van der Waals surface area (Å²) >= 11 is 7.96. The van der Waals surface area contributed by atoms with Crippen LogP contribution in [0.15, 0.2) is 24.3 Å². The van der Waals surface area contributed by atoms with Gasteiger partial charge in [-0.25, -0.2) is 0 Å². The minimum absolute atomic E-state index is 0.0263. The van der Waals surface area contributed by atoms with Gasteiger partial charge in [-0.05, 0) is 42.5 Å². The predicted octanol–water partition coefficient (Wildman–Crippen LogP) is 4.09. The largest absolute Gasteiger partial charge is 0.308 e. The highest BCUT2D eigenvalue weighted by Gasteiger charge is 2.14. The number of benzene rings is 1. The SMILES string of the molecule is O=[N+]([O-])c1ccc(CNCc2cc3c(s2)CCC3)c(Cl)c1. The molecule has 0 atom stereocenters. The van der Waals surface area contributed by atoms with E-state index in [-0.39, 0.29) is 5.69 Å². The summed E-state index contributed by atoms with van der Waals surface area (Å²) in [5.74, 6) is 0. The van der Waals surface area contributed by atoms with Crippen molar-refractivity contribution in [2.75, 3.05) is 0 Å². The van der Waals surface area contributed by atoms with E-state index in [1.165, 1.54) is 46.7 Å². The van der Waals surface area contributed by atoms with Crippen LogP contribution >= 0.6 is 22.9 Å². The molecule has 6 heteroatoms. The second-order valence-corrected chi connectivity index (χ2v) is 6.78. The van der Waals surface area contributed by atoms with E-state index in [0.717, 1.165) is 12.1 Å². The van der Waals surface area contributed by atoms with E-state index in [1.54, 1.807) is 6.07 Å². The number of thiophene rings is 1. The molecule has 0 amide bonds. The lowest BCUT2D eigenvalue weighted by Gasteiger charge is -2.05. The zero-order valence-corrected chi connectivity index (χ0v) is 13.0. The Hall–Kier alpha value is -1.43. The van der Waals surface area contributed by atoms with Crippen LogP contribution in [0.4, 0.5) is 5.69 Å². The van der Waals surface area contributed by atoms with Crippen molar-refractivity contribution in [1.82, 2.24) is 5.32 Å². The highest BCUT2D eigenvalue weighted by molar-refractivity contribution is 7.12. The molecule has 0 aliphatic heterocycles. The average molecular weight is 323 g/mol. The summed E-state index contributed by atoms with van der Waals surface area (Å²) in [6.07, 6.45) is 3.71. The van der Waals surface area contributed by atoms with Gasteiger partial charge in [0.25, 0.3) is 5.69 Å². The molecule has 0 bridgehead atoms. The maximum Gasteiger partial charge on any atom is 0.270 e. The number of rotatable bonds is 5. The molecule has 21 heavy (non-hydrogen) atoms. The Morgan fingerprint density at radius 1 is 1.29 bits per heavy atom. The molecule has 1 heterocycles. The number of nitrogens with zero attached hydrogens (tertiary/aromatic N) is 1. The number of non-ortho nitro benzene ring substituents is 1. The van der Waals surface area contributed by atoms with Crippen LogP contribution in [0.1, 0.15) is 27.3 Å². The fourth-order valence-electron chi connectivity index (χ4n) is 2.59. The van der Waals surface area contributed by atoms with Crippen molar-refractivity contribution < 1.29 is 4.92 Å². The predicted molar refractivity (Wildman–Crippen MR) is 85.0 cm³/mol. The molecule has 3 rings (SSSR count). The molecule has 110 valence electrons. The van der Waals surface area contributed by atoms with Crippen molar-refractivity contribution in [3.63, 3.8) is 0 Å². The fourth-order valence-corrected chi connectivity index (χ4v) is 4.06. The van der Waals surface area contributed by atoms with Crippen molar-refractivity contribution in [3.05, 3.63) is 60.3 Å². The maximum absolute atomic E-state index is 10.7. The minimum atomic E-state index is -0.434. The summed E-state index contributed by atoms with van der Waals surface area (Å²) in [7, 11) is 0. The minimum Gasteiger partial charge on any atom is -0.308 e. The number of hydrogen-bond acceptors (Lipinski definition) is 4. The molecule has 0 saturated heterocycles. The van der Waals surface area contributed by atoms with Crippen LogP contribution in [0.3, 0.4) is 0 Å². The summed E-state index contributed by atoms with van der Waals surface area (Å²) < 4.78 is 0. The first kappa shape index (κ1) is 14.5. The van der Waals surface area contributed by atoms with Crippen LogP contribution < -0.4 is 5.32 Å². The van der Waals surface area contributed by atoms with Crippen LogP contribution in [-0.4, -0.2) is 4.92 Å². The molecule has 2 aromatic rings. The standard InChI is InChI=1S/C15H15ClN2O2S/c16-14-7-12(18(19)20)5-4-11(14)8-17-9-13-6-10-2-1-3-15(10)21-13/h4-7,17H,1-3,8-9H2. The van der Waals surface area contributed by atoms with Crippen molar-refractivity contribution in [2.24, 2.45) is 0 Å². The van der Waals surface area contributed by atoms with E-state index < -0.39 is 4.92 Å². The lowest BCUT2D eigenvalue weighted by Crippen LogP contribution is -2.12. The number of aryl methyl sites for hydroxylation is 2. The summed E-state index contributed by atoms with van der Waals surface area (Å²) in [6, 6.07) is 6.89. The zero-order chi connectivity index (χ0) is 14.8. The van der Waals surface area contributed by atoms with Crippen molar-refractivity contribution in [3.8, 4) is 0 Å². The van der Waals surface area contributed by atoms with Crippen LogP contribution in [0, 0.1) is 10.1 Å². The lowest BCUT2D eigenvalue weighted by atomic mass is 10.2. The zero-order valence-electron chi connectivity index (χ0n) is 11.4. The average Bonchev–Trinajstić information content (AvgIpc) is 3.01. The van der Waals surface area contributed by atoms with E-state index >= 15 is 0 Å². The van der Waals surface area contributed by atoms with Gasteiger partial charge in [0, 0.05) is 35.0 Å². The van der Waals surface area contributed by atoms with E-state index in [2.05, 4.69) is 11.4 Å². The second kappa shape index (κ2) is 6.13. The number of nitro groups is 1.